The van der Waals surface area contributed by atoms with Crippen LogP contribution in [-0.2, 0) is 11.3 Å². The molecule has 0 atom stereocenters. The van der Waals surface area contributed by atoms with Crippen LogP contribution in [0, 0.1) is 6.92 Å². The third kappa shape index (κ3) is 4.23. The zero-order valence-electron chi connectivity index (χ0n) is 11.9. The zero-order valence-corrected chi connectivity index (χ0v) is 11.9. The summed E-state index contributed by atoms with van der Waals surface area (Å²) in [4.78, 5) is 11.1. The van der Waals surface area contributed by atoms with E-state index in [0.717, 1.165) is 43.4 Å². The van der Waals surface area contributed by atoms with E-state index in [1.807, 2.05) is 13.1 Å². The van der Waals surface area contributed by atoms with Crippen LogP contribution in [0.5, 0.6) is 0 Å². The lowest BCUT2D eigenvalue weighted by atomic mass is 10.2. The first-order valence-electron chi connectivity index (χ1n) is 6.50. The Bertz CT molecular complexity index is 357. The Hall–Kier alpha value is -1.20. The molecule has 0 aliphatic heterocycles. The summed E-state index contributed by atoms with van der Waals surface area (Å²) in [7, 11) is 1.71. The van der Waals surface area contributed by atoms with Crippen molar-refractivity contribution < 1.29 is 4.74 Å². The maximum atomic E-state index is 5.10. The van der Waals surface area contributed by atoms with E-state index < -0.39 is 0 Å². The van der Waals surface area contributed by atoms with Gasteiger partial charge in [-0.3, -0.25) is 0 Å². The molecule has 5 nitrogen and oxygen atoms in total. The highest BCUT2D eigenvalue weighted by Gasteiger charge is 2.09. The summed E-state index contributed by atoms with van der Waals surface area (Å²) in [6.45, 7) is 10.4. The van der Waals surface area contributed by atoms with Crippen molar-refractivity contribution in [1.29, 1.82) is 0 Å². The molecule has 5 heteroatoms. The van der Waals surface area contributed by atoms with Gasteiger partial charge in [-0.15, -0.1) is 0 Å². The third-order valence-corrected chi connectivity index (χ3v) is 2.86. The van der Waals surface area contributed by atoms with Crippen molar-refractivity contribution in [3.63, 3.8) is 0 Å². The fourth-order valence-electron chi connectivity index (χ4n) is 1.67. The number of nitrogens with one attached hydrogen (secondary N) is 1. The number of nitrogens with zero attached hydrogens (tertiary/aromatic N) is 3. The highest BCUT2D eigenvalue weighted by Crippen LogP contribution is 2.11. The highest BCUT2D eigenvalue weighted by molar-refractivity contribution is 5.32. The molecular formula is C13H24N4O. The first-order chi connectivity index (χ1) is 8.72. The number of rotatable bonds is 8. The van der Waals surface area contributed by atoms with Gasteiger partial charge in [0.15, 0.2) is 0 Å². The van der Waals surface area contributed by atoms with Crippen LogP contribution in [0.4, 0.5) is 5.95 Å². The molecule has 1 N–H and O–H groups in total. The van der Waals surface area contributed by atoms with E-state index in [1.54, 1.807) is 7.11 Å². The largest absolute Gasteiger partial charge is 0.383 e. The van der Waals surface area contributed by atoms with Crippen LogP contribution in [0.2, 0.25) is 0 Å². The van der Waals surface area contributed by atoms with E-state index in [1.165, 1.54) is 0 Å². The van der Waals surface area contributed by atoms with Gasteiger partial charge in [-0.1, -0.05) is 6.92 Å². The molecule has 1 aromatic rings. The van der Waals surface area contributed by atoms with Crippen LogP contribution in [0.3, 0.4) is 0 Å². The quantitative estimate of drug-likeness (QED) is 0.757. The Morgan fingerprint density at radius 1 is 1.39 bits per heavy atom. The predicted molar refractivity (Wildman–Crippen MR) is 73.9 cm³/mol. The van der Waals surface area contributed by atoms with Crippen LogP contribution in [0.25, 0.3) is 0 Å². The summed E-state index contributed by atoms with van der Waals surface area (Å²) >= 11 is 0. The molecule has 0 spiro atoms. The smallest absolute Gasteiger partial charge is 0.225 e. The van der Waals surface area contributed by atoms with E-state index in [2.05, 4.69) is 34.0 Å². The minimum absolute atomic E-state index is 0.690. The summed E-state index contributed by atoms with van der Waals surface area (Å²) in [5.74, 6) is 0.785. The van der Waals surface area contributed by atoms with Crippen molar-refractivity contribution in [2.45, 2.75) is 27.3 Å². The number of hydrogen-bond donors (Lipinski definition) is 1. The Balaban J connectivity index is 2.74. The monoisotopic (exact) mass is 252 g/mol. The molecular weight excluding hydrogens is 228 g/mol. The number of aryl methyl sites for hydroxylation is 1. The van der Waals surface area contributed by atoms with Crippen molar-refractivity contribution in [2.75, 3.05) is 38.3 Å². The molecule has 0 unspecified atom stereocenters. The van der Waals surface area contributed by atoms with Gasteiger partial charge >= 0.3 is 0 Å². The van der Waals surface area contributed by atoms with E-state index in [0.29, 0.717) is 6.61 Å². The number of methoxy groups -OCH3 is 1. The summed E-state index contributed by atoms with van der Waals surface area (Å²) in [5, 5.41) is 3.29. The SMILES string of the molecule is CCNCc1cnc(N(CC)CCOC)nc1C. The number of likely N-dealkylation sites (N-methyl/N-ethyl adjacent to an activating group) is 1. The average molecular weight is 252 g/mol. The number of hydrogen-bond acceptors (Lipinski definition) is 5. The molecule has 0 aliphatic rings. The lowest BCUT2D eigenvalue weighted by molar-refractivity contribution is 0.205. The Labute approximate surface area is 110 Å². The fourth-order valence-corrected chi connectivity index (χ4v) is 1.67. The van der Waals surface area contributed by atoms with Crippen LogP contribution in [-0.4, -0.2) is 43.3 Å². The van der Waals surface area contributed by atoms with Gasteiger partial charge in [0.25, 0.3) is 0 Å². The minimum atomic E-state index is 0.690. The summed E-state index contributed by atoms with van der Waals surface area (Å²) in [6, 6.07) is 0. The highest BCUT2D eigenvalue weighted by atomic mass is 16.5. The molecule has 1 heterocycles. The van der Waals surface area contributed by atoms with Crippen molar-refractivity contribution in [3.05, 3.63) is 17.5 Å². The van der Waals surface area contributed by atoms with Gasteiger partial charge in [-0.2, -0.15) is 0 Å². The Kier molecular flexibility index (Phi) is 6.60. The Morgan fingerprint density at radius 3 is 2.72 bits per heavy atom. The Morgan fingerprint density at radius 2 is 2.17 bits per heavy atom. The lowest BCUT2D eigenvalue weighted by Gasteiger charge is -2.21. The fraction of sp³-hybridized carbons (Fsp3) is 0.692. The summed E-state index contributed by atoms with van der Waals surface area (Å²) in [5.41, 5.74) is 2.19. The molecule has 18 heavy (non-hydrogen) atoms. The van der Waals surface area contributed by atoms with E-state index >= 15 is 0 Å². The first-order valence-corrected chi connectivity index (χ1v) is 6.50. The van der Waals surface area contributed by atoms with Gasteiger partial charge in [0.1, 0.15) is 0 Å². The second-order valence-corrected chi connectivity index (χ2v) is 4.13. The third-order valence-electron chi connectivity index (χ3n) is 2.86. The van der Waals surface area contributed by atoms with Gasteiger partial charge in [0.05, 0.1) is 6.61 Å². The zero-order chi connectivity index (χ0) is 13.4. The molecule has 0 saturated heterocycles. The second kappa shape index (κ2) is 8.00. The molecule has 0 aliphatic carbocycles. The van der Waals surface area contributed by atoms with Gasteiger partial charge in [-0.25, -0.2) is 9.97 Å². The number of aromatic nitrogens is 2. The lowest BCUT2D eigenvalue weighted by Crippen LogP contribution is -2.29. The number of anilines is 1. The molecule has 102 valence electrons. The van der Waals surface area contributed by atoms with E-state index in [9.17, 15) is 0 Å². The summed E-state index contributed by atoms with van der Waals surface area (Å²) < 4.78 is 5.10. The van der Waals surface area contributed by atoms with Gasteiger partial charge < -0.3 is 15.0 Å². The maximum Gasteiger partial charge on any atom is 0.225 e. The van der Waals surface area contributed by atoms with Gasteiger partial charge in [0.2, 0.25) is 5.95 Å². The van der Waals surface area contributed by atoms with Crippen LogP contribution < -0.4 is 10.2 Å². The molecule has 1 aromatic heterocycles. The molecule has 0 bridgehead atoms. The van der Waals surface area contributed by atoms with Crippen molar-refractivity contribution >= 4 is 5.95 Å². The molecule has 0 radical (unpaired) electrons. The van der Waals surface area contributed by atoms with Crippen LogP contribution in [0.1, 0.15) is 25.1 Å². The molecule has 0 amide bonds. The first kappa shape index (κ1) is 14.9. The average Bonchev–Trinajstić information content (AvgIpc) is 2.38. The minimum Gasteiger partial charge on any atom is -0.383 e. The molecule has 0 saturated carbocycles. The van der Waals surface area contributed by atoms with E-state index in [4.69, 9.17) is 4.74 Å². The molecule has 1 rings (SSSR count). The van der Waals surface area contributed by atoms with Gasteiger partial charge in [0, 0.05) is 44.2 Å². The van der Waals surface area contributed by atoms with Crippen LogP contribution in [0.15, 0.2) is 6.20 Å². The second-order valence-electron chi connectivity index (χ2n) is 4.13. The standard InChI is InChI=1S/C13H24N4O/c1-5-14-9-12-10-15-13(16-11(12)3)17(6-2)7-8-18-4/h10,14H,5-9H2,1-4H3. The van der Waals surface area contributed by atoms with Crippen molar-refractivity contribution in [1.82, 2.24) is 15.3 Å². The van der Waals surface area contributed by atoms with Crippen molar-refractivity contribution in [2.24, 2.45) is 0 Å². The summed E-state index contributed by atoms with van der Waals surface area (Å²) in [6.07, 6.45) is 1.91. The predicted octanol–water partition coefficient (Wildman–Crippen LogP) is 1.37. The maximum absolute atomic E-state index is 5.10. The number of ether oxygens (including phenoxy) is 1. The van der Waals surface area contributed by atoms with Crippen LogP contribution >= 0.6 is 0 Å². The van der Waals surface area contributed by atoms with Gasteiger partial charge in [-0.05, 0) is 20.4 Å². The molecule has 0 fully saturated rings. The molecule has 0 aromatic carbocycles. The topological polar surface area (TPSA) is 50.3 Å². The van der Waals surface area contributed by atoms with E-state index in [-0.39, 0.29) is 0 Å². The normalized spacial score (nSPS) is 10.7. The van der Waals surface area contributed by atoms with Crippen molar-refractivity contribution in [3.8, 4) is 0 Å².